The number of hydrogen-bond donors (Lipinski definition) is 1. The van der Waals surface area contributed by atoms with E-state index in [4.69, 9.17) is 15.2 Å². The molecule has 2 N–H and O–H groups in total. The van der Waals surface area contributed by atoms with Gasteiger partial charge in [-0.25, -0.2) is 0 Å². The van der Waals surface area contributed by atoms with Gasteiger partial charge in [-0.2, -0.15) is 0 Å². The van der Waals surface area contributed by atoms with Crippen molar-refractivity contribution in [3.8, 4) is 11.5 Å². The van der Waals surface area contributed by atoms with Crippen LogP contribution in [0.25, 0.3) is 10.9 Å². The summed E-state index contributed by atoms with van der Waals surface area (Å²) in [6, 6.07) is 5.64. The molecular formula is C22H34N2O3. The molecule has 0 unspecified atom stereocenters. The van der Waals surface area contributed by atoms with E-state index < -0.39 is 0 Å². The number of nitrogen functional groups attached to an aromatic ring is 1. The predicted octanol–water partition coefficient (Wildman–Crippen LogP) is 5.13. The highest BCUT2D eigenvalue weighted by Crippen LogP contribution is 2.34. The van der Waals surface area contributed by atoms with Gasteiger partial charge in [-0.05, 0) is 44.9 Å². The first-order chi connectivity index (χ1) is 13.0. The Kier molecular flexibility index (Phi) is 8.01. The largest absolute Gasteiger partial charge is 0.489 e. The van der Waals surface area contributed by atoms with E-state index in [2.05, 4.69) is 13.8 Å². The third-order valence-electron chi connectivity index (χ3n) is 4.54. The third kappa shape index (κ3) is 5.41. The molecule has 0 spiro atoms. The average molecular weight is 375 g/mol. The fraction of sp³-hybridized carbons (Fsp3) is 0.591. The number of anilines is 1. The third-order valence-corrected chi connectivity index (χ3v) is 4.54. The number of aromatic nitrogens is 1. The lowest BCUT2D eigenvalue weighted by molar-refractivity contribution is 0.216. The molecule has 0 amide bonds. The van der Waals surface area contributed by atoms with Crippen molar-refractivity contribution in [2.45, 2.75) is 78.9 Å². The van der Waals surface area contributed by atoms with Crippen LogP contribution in [0.3, 0.4) is 0 Å². The Morgan fingerprint density at radius 1 is 1.04 bits per heavy atom. The summed E-state index contributed by atoms with van der Waals surface area (Å²) in [5.41, 5.74) is 7.32. The van der Waals surface area contributed by atoms with Crippen molar-refractivity contribution in [1.29, 1.82) is 0 Å². The van der Waals surface area contributed by atoms with Gasteiger partial charge in [0, 0.05) is 17.6 Å². The van der Waals surface area contributed by atoms with E-state index in [1.807, 2.05) is 32.0 Å². The molecule has 1 heterocycles. The maximum atomic E-state index is 13.2. The number of fused-ring (bicyclic) bond motifs is 1. The van der Waals surface area contributed by atoms with Crippen molar-refractivity contribution in [3.05, 3.63) is 28.6 Å². The van der Waals surface area contributed by atoms with Gasteiger partial charge in [-0.1, -0.05) is 39.5 Å². The second-order valence-electron chi connectivity index (χ2n) is 7.32. The zero-order valence-corrected chi connectivity index (χ0v) is 17.2. The Bertz CT molecular complexity index is 796. The monoisotopic (exact) mass is 374 g/mol. The van der Waals surface area contributed by atoms with Crippen LogP contribution in [0.4, 0.5) is 5.69 Å². The molecule has 2 rings (SSSR count). The molecule has 150 valence electrons. The van der Waals surface area contributed by atoms with E-state index in [0.717, 1.165) is 36.6 Å². The van der Waals surface area contributed by atoms with Crippen molar-refractivity contribution in [2.75, 3.05) is 12.3 Å². The summed E-state index contributed by atoms with van der Waals surface area (Å²) in [6.07, 6.45) is 6.27. The lowest BCUT2D eigenvalue weighted by Gasteiger charge is -2.20. The lowest BCUT2D eigenvalue weighted by Crippen LogP contribution is -2.25. The predicted molar refractivity (Wildman–Crippen MR) is 113 cm³/mol. The first-order valence-electron chi connectivity index (χ1n) is 10.2. The molecule has 27 heavy (non-hydrogen) atoms. The topological polar surface area (TPSA) is 66.5 Å². The summed E-state index contributed by atoms with van der Waals surface area (Å²) >= 11 is 0. The number of aryl methyl sites for hydroxylation is 1. The van der Waals surface area contributed by atoms with Crippen molar-refractivity contribution in [2.24, 2.45) is 0 Å². The van der Waals surface area contributed by atoms with Gasteiger partial charge < -0.3 is 19.8 Å². The molecule has 0 aliphatic carbocycles. The first-order valence-corrected chi connectivity index (χ1v) is 10.2. The molecule has 1 aromatic carbocycles. The Balaban J connectivity index is 2.53. The smallest absolute Gasteiger partial charge is 0.297 e. The van der Waals surface area contributed by atoms with E-state index in [1.54, 1.807) is 4.57 Å². The minimum atomic E-state index is -0.140. The second kappa shape index (κ2) is 10.2. The number of rotatable bonds is 11. The molecule has 0 atom stereocenters. The molecule has 0 fully saturated rings. The molecule has 0 saturated carbocycles. The molecule has 0 bridgehead atoms. The van der Waals surface area contributed by atoms with Crippen molar-refractivity contribution in [1.82, 2.24) is 4.57 Å². The second-order valence-corrected chi connectivity index (χ2v) is 7.32. The molecule has 0 radical (unpaired) electrons. The highest BCUT2D eigenvalue weighted by Gasteiger charge is 2.20. The maximum Gasteiger partial charge on any atom is 0.297 e. The molecular weight excluding hydrogens is 340 g/mol. The summed E-state index contributed by atoms with van der Waals surface area (Å²) in [6.45, 7) is 9.36. The van der Waals surface area contributed by atoms with Crippen LogP contribution in [0, 0.1) is 0 Å². The molecule has 2 aromatic rings. The SMILES string of the molecule is CCCCCCOc1c(OC(C)C)c(=O)n(CCCC)c2cc(N)ccc12. The van der Waals surface area contributed by atoms with E-state index in [-0.39, 0.29) is 11.7 Å². The van der Waals surface area contributed by atoms with E-state index in [0.29, 0.717) is 30.3 Å². The Labute approximate surface area is 162 Å². The Morgan fingerprint density at radius 2 is 1.78 bits per heavy atom. The fourth-order valence-electron chi connectivity index (χ4n) is 3.14. The zero-order valence-electron chi connectivity index (χ0n) is 17.2. The molecule has 5 heteroatoms. The van der Waals surface area contributed by atoms with Crippen molar-refractivity contribution >= 4 is 16.6 Å². The maximum absolute atomic E-state index is 13.2. The van der Waals surface area contributed by atoms with Gasteiger partial charge in [0.2, 0.25) is 5.75 Å². The minimum absolute atomic E-state index is 0.106. The minimum Gasteiger partial charge on any atom is -0.489 e. The van der Waals surface area contributed by atoms with Crippen LogP contribution >= 0.6 is 0 Å². The number of pyridine rings is 1. The number of hydrogen-bond acceptors (Lipinski definition) is 4. The van der Waals surface area contributed by atoms with Crippen LogP contribution in [0.15, 0.2) is 23.0 Å². The summed E-state index contributed by atoms with van der Waals surface area (Å²) in [7, 11) is 0. The average Bonchev–Trinajstić information content (AvgIpc) is 2.63. The van der Waals surface area contributed by atoms with Gasteiger partial charge in [0.25, 0.3) is 5.56 Å². The normalized spacial score (nSPS) is 11.3. The van der Waals surface area contributed by atoms with Crippen LogP contribution < -0.4 is 20.8 Å². The van der Waals surface area contributed by atoms with Crippen molar-refractivity contribution in [3.63, 3.8) is 0 Å². The van der Waals surface area contributed by atoms with Gasteiger partial charge in [-0.15, -0.1) is 0 Å². The Hall–Kier alpha value is -2.17. The number of nitrogens with two attached hydrogens (primary N) is 1. The molecule has 1 aromatic heterocycles. The van der Waals surface area contributed by atoms with Crippen LogP contribution in [0.5, 0.6) is 11.5 Å². The van der Waals surface area contributed by atoms with Crippen LogP contribution in [-0.4, -0.2) is 17.3 Å². The summed E-state index contributed by atoms with van der Waals surface area (Å²) in [5, 5.41) is 0.881. The van der Waals surface area contributed by atoms with E-state index in [1.165, 1.54) is 12.8 Å². The molecule has 0 aliphatic rings. The molecule has 0 aliphatic heterocycles. The fourth-order valence-corrected chi connectivity index (χ4v) is 3.14. The number of ether oxygens (including phenoxy) is 2. The lowest BCUT2D eigenvalue weighted by atomic mass is 10.1. The quantitative estimate of drug-likeness (QED) is 0.437. The highest BCUT2D eigenvalue weighted by molar-refractivity contribution is 5.90. The first kappa shape index (κ1) is 21.1. The van der Waals surface area contributed by atoms with Crippen LogP contribution in [-0.2, 0) is 6.54 Å². The Morgan fingerprint density at radius 3 is 2.44 bits per heavy atom. The highest BCUT2D eigenvalue weighted by atomic mass is 16.5. The van der Waals surface area contributed by atoms with Gasteiger partial charge in [0.05, 0.1) is 18.2 Å². The number of unbranched alkanes of at least 4 members (excludes halogenated alkanes) is 4. The van der Waals surface area contributed by atoms with Gasteiger partial charge in [0.1, 0.15) is 0 Å². The van der Waals surface area contributed by atoms with E-state index in [9.17, 15) is 4.79 Å². The van der Waals surface area contributed by atoms with Crippen molar-refractivity contribution < 1.29 is 9.47 Å². The van der Waals surface area contributed by atoms with Gasteiger partial charge in [-0.3, -0.25) is 4.79 Å². The summed E-state index contributed by atoms with van der Waals surface area (Å²) in [5.74, 6) is 0.863. The summed E-state index contributed by atoms with van der Waals surface area (Å²) < 4.78 is 13.8. The number of nitrogens with zero attached hydrogens (tertiary/aromatic N) is 1. The zero-order chi connectivity index (χ0) is 19.8. The summed E-state index contributed by atoms with van der Waals surface area (Å²) in [4.78, 5) is 13.2. The van der Waals surface area contributed by atoms with Crippen LogP contribution in [0.1, 0.15) is 66.2 Å². The van der Waals surface area contributed by atoms with E-state index >= 15 is 0 Å². The van der Waals surface area contributed by atoms with Crippen LogP contribution in [0.2, 0.25) is 0 Å². The van der Waals surface area contributed by atoms with Gasteiger partial charge in [0.15, 0.2) is 5.75 Å². The number of benzene rings is 1. The molecule has 5 nitrogen and oxygen atoms in total. The standard InChI is InChI=1S/C22H34N2O3/c1-5-7-9-10-14-26-20-18-12-11-17(23)15-19(18)24(13-8-6-2)22(25)21(20)27-16(3)4/h11-12,15-16H,5-10,13-14,23H2,1-4H3. The van der Waals surface area contributed by atoms with Gasteiger partial charge >= 0.3 is 0 Å². The molecule has 0 saturated heterocycles.